The van der Waals surface area contributed by atoms with Gasteiger partial charge in [-0.25, -0.2) is 15.8 Å². The number of nitrogens with zero attached hydrogens (tertiary/aromatic N) is 2. The van der Waals surface area contributed by atoms with E-state index in [1.54, 1.807) is 0 Å². The summed E-state index contributed by atoms with van der Waals surface area (Å²) in [5.74, 6) is 6.60. The highest BCUT2D eigenvalue weighted by molar-refractivity contribution is 9.10. The smallest absolute Gasteiger partial charge is 0.159 e. The number of aliphatic hydroxyl groups excluding tert-OH is 1. The van der Waals surface area contributed by atoms with E-state index in [-0.39, 0.29) is 6.61 Å². The third-order valence-corrected chi connectivity index (χ3v) is 3.05. The monoisotopic (exact) mass is 303 g/mol. The van der Waals surface area contributed by atoms with Gasteiger partial charge in [0, 0.05) is 13.2 Å². The van der Waals surface area contributed by atoms with Gasteiger partial charge in [-0.15, -0.1) is 0 Å². The van der Waals surface area contributed by atoms with Crippen LogP contribution in [0.25, 0.3) is 0 Å². The minimum Gasteiger partial charge on any atom is -0.396 e. The number of hydrogen-bond donors (Lipinski definition) is 4. The fourth-order valence-electron chi connectivity index (χ4n) is 1.39. The lowest BCUT2D eigenvalue weighted by Crippen LogP contribution is -2.11. The summed E-state index contributed by atoms with van der Waals surface area (Å²) in [6.45, 7) is 1.11. The van der Waals surface area contributed by atoms with E-state index in [0.717, 1.165) is 42.5 Å². The van der Waals surface area contributed by atoms with Crippen LogP contribution in [0.15, 0.2) is 10.8 Å². The van der Waals surface area contributed by atoms with E-state index in [9.17, 15) is 0 Å². The lowest BCUT2D eigenvalue weighted by atomic mass is 10.2. The SMILES string of the molecule is NNc1ncnc(NCCCCCCO)c1Br. The van der Waals surface area contributed by atoms with Gasteiger partial charge in [0.25, 0.3) is 0 Å². The van der Waals surface area contributed by atoms with E-state index in [4.69, 9.17) is 10.9 Å². The summed E-state index contributed by atoms with van der Waals surface area (Å²) >= 11 is 3.37. The van der Waals surface area contributed by atoms with Gasteiger partial charge in [-0.1, -0.05) is 12.8 Å². The van der Waals surface area contributed by atoms with Gasteiger partial charge in [-0.3, -0.25) is 0 Å². The van der Waals surface area contributed by atoms with Crippen LogP contribution in [0.4, 0.5) is 11.6 Å². The van der Waals surface area contributed by atoms with Gasteiger partial charge >= 0.3 is 0 Å². The summed E-state index contributed by atoms with van der Waals surface area (Å²) < 4.78 is 0.734. The van der Waals surface area contributed by atoms with Crippen LogP contribution in [0.3, 0.4) is 0 Å². The summed E-state index contributed by atoms with van der Waals surface area (Å²) in [7, 11) is 0. The number of halogens is 1. The van der Waals surface area contributed by atoms with E-state index in [1.165, 1.54) is 6.33 Å². The average molecular weight is 304 g/mol. The zero-order valence-electron chi connectivity index (χ0n) is 9.62. The maximum Gasteiger partial charge on any atom is 0.159 e. The van der Waals surface area contributed by atoms with Gasteiger partial charge in [0.2, 0.25) is 0 Å². The lowest BCUT2D eigenvalue weighted by molar-refractivity contribution is 0.283. The predicted molar refractivity (Wildman–Crippen MR) is 71.6 cm³/mol. The molecule has 0 amide bonds. The van der Waals surface area contributed by atoms with Crippen LogP contribution < -0.4 is 16.6 Å². The van der Waals surface area contributed by atoms with Crippen molar-refractivity contribution in [2.24, 2.45) is 5.84 Å². The number of nitrogens with one attached hydrogen (secondary N) is 2. The number of hydrazine groups is 1. The van der Waals surface area contributed by atoms with Crippen molar-refractivity contribution >= 4 is 27.6 Å². The van der Waals surface area contributed by atoms with Crippen molar-refractivity contribution in [3.63, 3.8) is 0 Å². The van der Waals surface area contributed by atoms with Crippen molar-refractivity contribution in [3.8, 4) is 0 Å². The van der Waals surface area contributed by atoms with Gasteiger partial charge in [-0.2, -0.15) is 0 Å². The molecule has 1 heterocycles. The number of rotatable bonds is 8. The molecule has 5 N–H and O–H groups in total. The highest BCUT2D eigenvalue weighted by Gasteiger charge is 2.06. The first-order valence-electron chi connectivity index (χ1n) is 5.61. The van der Waals surface area contributed by atoms with Crippen molar-refractivity contribution in [2.45, 2.75) is 25.7 Å². The lowest BCUT2D eigenvalue weighted by Gasteiger charge is -2.09. The molecule has 0 saturated carbocycles. The van der Waals surface area contributed by atoms with E-state index < -0.39 is 0 Å². The van der Waals surface area contributed by atoms with Gasteiger partial charge in [0.1, 0.15) is 16.6 Å². The number of nitrogens with two attached hydrogens (primary N) is 1. The van der Waals surface area contributed by atoms with Crippen LogP contribution in [-0.2, 0) is 0 Å². The second kappa shape index (κ2) is 8.21. The second-order valence-electron chi connectivity index (χ2n) is 3.59. The van der Waals surface area contributed by atoms with Crippen molar-refractivity contribution in [1.29, 1.82) is 0 Å². The van der Waals surface area contributed by atoms with Crippen LogP contribution in [0.5, 0.6) is 0 Å². The Morgan fingerprint density at radius 1 is 1.18 bits per heavy atom. The molecule has 0 bridgehead atoms. The van der Waals surface area contributed by atoms with Crippen molar-refractivity contribution in [1.82, 2.24) is 9.97 Å². The standard InChI is InChI=1S/C10H18BrN5O/c11-8-9(14-7-15-10(8)16-12)13-5-3-1-2-4-6-17/h7,17H,1-6,12H2,(H2,13,14,15,16). The normalized spacial score (nSPS) is 10.3. The van der Waals surface area contributed by atoms with Crippen LogP contribution in [-0.4, -0.2) is 28.2 Å². The first kappa shape index (κ1) is 14.1. The Morgan fingerprint density at radius 3 is 2.59 bits per heavy atom. The Bertz CT molecular complexity index is 336. The zero-order chi connectivity index (χ0) is 12.5. The molecule has 0 unspecified atom stereocenters. The van der Waals surface area contributed by atoms with E-state index in [2.05, 4.69) is 36.6 Å². The number of anilines is 2. The molecular formula is C10H18BrN5O. The summed E-state index contributed by atoms with van der Waals surface area (Å²) in [4.78, 5) is 8.08. The Kier molecular flexibility index (Phi) is 6.83. The number of unbranched alkanes of at least 4 members (excludes halogenated alkanes) is 3. The molecule has 0 fully saturated rings. The molecule has 0 aliphatic rings. The minimum atomic E-state index is 0.274. The largest absolute Gasteiger partial charge is 0.396 e. The Balaban J connectivity index is 2.31. The minimum absolute atomic E-state index is 0.274. The molecule has 1 rings (SSSR count). The average Bonchev–Trinajstić information content (AvgIpc) is 2.35. The first-order valence-corrected chi connectivity index (χ1v) is 6.40. The Morgan fingerprint density at radius 2 is 1.88 bits per heavy atom. The van der Waals surface area contributed by atoms with E-state index >= 15 is 0 Å². The van der Waals surface area contributed by atoms with E-state index in [0.29, 0.717) is 5.82 Å². The molecule has 1 aromatic heterocycles. The highest BCUT2D eigenvalue weighted by atomic mass is 79.9. The number of hydrogen-bond acceptors (Lipinski definition) is 6. The van der Waals surface area contributed by atoms with E-state index in [1.807, 2.05) is 0 Å². The van der Waals surface area contributed by atoms with Crippen LogP contribution >= 0.6 is 15.9 Å². The molecule has 0 aliphatic carbocycles. The quantitative estimate of drug-likeness (QED) is 0.330. The van der Waals surface area contributed by atoms with Crippen LogP contribution in [0.2, 0.25) is 0 Å². The third kappa shape index (κ3) is 4.84. The predicted octanol–water partition coefficient (Wildman–Crippen LogP) is 1.49. The molecule has 96 valence electrons. The molecule has 6 nitrogen and oxygen atoms in total. The van der Waals surface area contributed by atoms with Crippen molar-refractivity contribution in [2.75, 3.05) is 23.9 Å². The molecule has 1 aromatic rings. The van der Waals surface area contributed by atoms with Gasteiger partial charge in [0.15, 0.2) is 5.82 Å². The van der Waals surface area contributed by atoms with Gasteiger partial charge in [-0.05, 0) is 28.8 Å². The first-order chi connectivity index (χ1) is 8.29. The highest BCUT2D eigenvalue weighted by Crippen LogP contribution is 2.25. The summed E-state index contributed by atoms with van der Waals surface area (Å²) in [5.41, 5.74) is 2.49. The molecular weight excluding hydrogens is 286 g/mol. The summed E-state index contributed by atoms with van der Waals surface area (Å²) in [6, 6.07) is 0. The molecule has 17 heavy (non-hydrogen) atoms. The summed E-state index contributed by atoms with van der Waals surface area (Å²) in [5, 5.41) is 11.8. The van der Waals surface area contributed by atoms with Gasteiger partial charge in [0.05, 0.1) is 0 Å². The Labute approximate surface area is 109 Å². The fraction of sp³-hybridized carbons (Fsp3) is 0.600. The summed E-state index contributed by atoms with van der Waals surface area (Å²) in [6.07, 6.45) is 5.52. The number of aromatic nitrogens is 2. The maximum absolute atomic E-state index is 8.64. The second-order valence-corrected chi connectivity index (χ2v) is 4.39. The van der Waals surface area contributed by atoms with Crippen molar-refractivity contribution in [3.05, 3.63) is 10.8 Å². The van der Waals surface area contributed by atoms with Crippen LogP contribution in [0, 0.1) is 0 Å². The van der Waals surface area contributed by atoms with Crippen molar-refractivity contribution < 1.29 is 5.11 Å². The number of aliphatic hydroxyl groups is 1. The molecule has 0 spiro atoms. The fourth-order valence-corrected chi connectivity index (χ4v) is 1.85. The Hall–Kier alpha value is -0.920. The molecule has 0 aromatic carbocycles. The van der Waals surface area contributed by atoms with Gasteiger partial charge < -0.3 is 15.8 Å². The number of nitrogen functional groups attached to an aromatic ring is 1. The third-order valence-electron chi connectivity index (χ3n) is 2.30. The molecule has 0 saturated heterocycles. The molecule has 0 aliphatic heterocycles. The maximum atomic E-state index is 8.64. The van der Waals surface area contributed by atoms with Crippen LogP contribution in [0.1, 0.15) is 25.7 Å². The molecule has 0 radical (unpaired) electrons. The topological polar surface area (TPSA) is 96.1 Å². The molecule has 7 heteroatoms. The zero-order valence-corrected chi connectivity index (χ0v) is 11.2. The molecule has 0 atom stereocenters.